The molecule has 0 amide bonds. The molecule has 0 atom stereocenters. The third-order valence-electron chi connectivity index (χ3n) is 2.93. The van der Waals surface area contributed by atoms with Crippen molar-refractivity contribution in [2.75, 3.05) is 0 Å². The Morgan fingerprint density at radius 2 is 2.06 bits per heavy atom. The number of nitro benzene ring substituents is 1. The molecule has 1 aromatic rings. The van der Waals surface area contributed by atoms with Crippen LogP contribution >= 0.6 is 0 Å². The minimum absolute atomic E-state index is 0.0233. The highest BCUT2D eigenvalue weighted by Gasteiger charge is 2.28. The maximum Gasteiger partial charge on any atom is 0.270 e. The Balaban J connectivity index is 2.21. The molecular weight excluding hydrogens is 218 g/mol. The number of hydrogen-bond donors (Lipinski definition) is 1. The second-order valence-electron chi connectivity index (χ2n) is 4.30. The van der Waals surface area contributed by atoms with Crippen molar-refractivity contribution in [3.8, 4) is 11.8 Å². The molecule has 1 aliphatic carbocycles. The van der Waals surface area contributed by atoms with Crippen LogP contribution in [0.3, 0.4) is 0 Å². The van der Waals surface area contributed by atoms with Crippen molar-refractivity contribution < 1.29 is 10.0 Å². The molecule has 1 fully saturated rings. The summed E-state index contributed by atoms with van der Waals surface area (Å²) in [6.45, 7) is 0. The molecular formula is C13H13NO3. The van der Waals surface area contributed by atoms with Crippen LogP contribution in [0.5, 0.6) is 0 Å². The first-order chi connectivity index (χ1) is 8.09. The summed E-state index contributed by atoms with van der Waals surface area (Å²) in [7, 11) is 0. The maximum absolute atomic E-state index is 10.6. The smallest absolute Gasteiger partial charge is 0.270 e. The zero-order valence-corrected chi connectivity index (χ0v) is 9.35. The average Bonchev–Trinajstić information content (AvgIpc) is 2.75. The number of aliphatic hydroxyl groups is 1. The van der Waals surface area contributed by atoms with Gasteiger partial charge in [0, 0.05) is 17.7 Å². The van der Waals surface area contributed by atoms with Crippen LogP contribution in [0.2, 0.25) is 0 Å². The molecule has 1 N–H and O–H groups in total. The zero-order valence-electron chi connectivity index (χ0n) is 9.35. The van der Waals surface area contributed by atoms with E-state index in [2.05, 4.69) is 11.8 Å². The highest BCUT2D eigenvalue weighted by atomic mass is 16.6. The Morgan fingerprint density at radius 3 is 2.71 bits per heavy atom. The number of benzene rings is 1. The molecule has 2 rings (SSSR count). The van der Waals surface area contributed by atoms with Gasteiger partial charge in [-0.1, -0.05) is 17.9 Å². The highest BCUT2D eigenvalue weighted by Crippen LogP contribution is 2.28. The molecule has 1 aliphatic rings. The number of non-ortho nitro benzene ring substituents is 1. The van der Waals surface area contributed by atoms with Gasteiger partial charge in [-0.05, 0) is 31.7 Å². The monoisotopic (exact) mass is 231 g/mol. The van der Waals surface area contributed by atoms with Gasteiger partial charge in [-0.2, -0.15) is 0 Å². The summed E-state index contributed by atoms with van der Waals surface area (Å²) in [5.41, 5.74) is -0.306. The van der Waals surface area contributed by atoms with Crippen LogP contribution in [0.25, 0.3) is 0 Å². The zero-order chi connectivity index (χ0) is 12.3. The van der Waals surface area contributed by atoms with Crippen LogP contribution in [0, 0.1) is 22.0 Å². The summed E-state index contributed by atoms with van der Waals surface area (Å²) in [5.74, 6) is 5.64. The molecule has 17 heavy (non-hydrogen) atoms. The van der Waals surface area contributed by atoms with E-state index in [1.165, 1.54) is 12.1 Å². The van der Waals surface area contributed by atoms with Crippen LogP contribution in [0.1, 0.15) is 31.2 Å². The minimum Gasteiger partial charge on any atom is -0.378 e. The fourth-order valence-corrected chi connectivity index (χ4v) is 1.97. The van der Waals surface area contributed by atoms with Gasteiger partial charge in [-0.15, -0.1) is 0 Å². The normalized spacial score (nSPS) is 17.2. The molecule has 0 aliphatic heterocycles. The van der Waals surface area contributed by atoms with Crippen molar-refractivity contribution in [1.82, 2.24) is 0 Å². The number of nitro groups is 1. The molecule has 0 bridgehead atoms. The Morgan fingerprint density at radius 1 is 1.35 bits per heavy atom. The van der Waals surface area contributed by atoms with Gasteiger partial charge in [-0.3, -0.25) is 10.1 Å². The van der Waals surface area contributed by atoms with Crippen LogP contribution in [0.4, 0.5) is 5.69 Å². The first-order valence-electron chi connectivity index (χ1n) is 5.59. The first kappa shape index (κ1) is 11.6. The van der Waals surface area contributed by atoms with E-state index in [4.69, 9.17) is 0 Å². The number of rotatable bonds is 1. The average molecular weight is 231 g/mol. The van der Waals surface area contributed by atoms with Crippen LogP contribution < -0.4 is 0 Å². The molecule has 88 valence electrons. The summed E-state index contributed by atoms with van der Waals surface area (Å²) in [6.07, 6.45) is 3.35. The van der Waals surface area contributed by atoms with E-state index in [1.807, 2.05) is 0 Å². The van der Waals surface area contributed by atoms with Gasteiger partial charge in [0.1, 0.15) is 5.60 Å². The van der Waals surface area contributed by atoms with Crippen molar-refractivity contribution >= 4 is 5.69 Å². The maximum atomic E-state index is 10.6. The summed E-state index contributed by atoms with van der Waals surface area (Å²) in [5, 5.41) is 20.6. The van der Waals surface area contributed by atoms with Crippen LogP contribution in [-0.2, 0) is 0 Å². The minimum atomic E-state index is -0.898. The van der Waals surface area contributed by atoms with E-state index in [1.54, 1.807) is 12.1 Å². The van der Waals surface area contributed by atoms with Crippen molar-refractivity contribution in [3.05, 3.63) is 39.9 Å². The van der Waals surface area contributed by atoms with Gasteiger partial charge in [0.15, 0.2) is 0 Å². The van der Waals surface area contributed by atoms with Crippen molar-refractivity contribution in [3.63, 3.8) is 0 Å². The largest absolute Gasteiger partial charge is 0.378 e. The standard InChI is InChI=1S/C13H13NO3/c15-13(7-1-2-8-13)9-6-11-4-3-5-12(10-11)14(16)17/h3-5,10,15H,1-2,7-8H2. The second-order valence-corrected chi connectivity index (χ2v) is 4.30. The van der Waals surface area contributed by atoms with E-state index in [9.17, 15) is 15.2 Å². The molecule has 1 aromatic carbocycles. The molecule has 0 spiro atoms. The topological polar surface area (TPSA) is 63.4 Å². The SMILES string of the molecule is O=[N+]([O-])c1cccc(C#CC2(O)CCCC2)c1. The van der Waals surface area contributed by atoms with Gasteiger partial charge in [0.25, 0.3) is 5.69 Å². The summed E-state index contributed by atoms with van der Waals surface area (Å²) in [6, 6.07) is 6.15. The van der Waals surface area contributed by atoms with Gasteiger partial charge >= 0.3 is 0 Å². The molecule has 0 heterocycles. The summed E-state index contributed by atoms with van der Waals surface area (Å²) < 4.78 is 0. The second kappa shape index (κ2) is 4.56. The predicted octanol–water partition coefficient (Wildman–Crippen LogP) is 2.25. The molecule has 1 saturated carbocycles. The van der Waals surface area contributed by atoms with Crippen LogP contribution in [-0.4, -0.2) is 15.6 Å². The fraction of sp³-hybridized carbons (Fsp3) is 0.385. The van der Waals surface area contributed by atoms with Gasteiger partial charge in [-0.25, -0.2) is 0 Å². The Bertz CT molecular complexity index is 493. The Labute approximate surface area is 99.4 Å². The van der Waals surface area contributed by atoms with Gasteiger partial charge < -0.3 is 5.11 Å². The number of hydrogen-bond acceptors (Lipinski definition) is 3. The lowest BCUT2D eigenvalue weighted by atomic mass is 10.0. The third-order valence-corrected chi connectivity index (χ3v) is 2.93. The highest BCUT2D eigenvalue weighted by molar-refractivity contribution is 5.44. The Hall–Kier alpha value is -1.86. The van der Waals surface area contributed by atoms with E-state index in [0.717, 1.165) is 12.8 Å². The molecule has 4 nitrogen and oxygen atoms in total. The number of nitrogens with zero attached hydrogens (tertiary/aromatic N) is 1. The predicted molar refractivity (Wildman–Crippen MR) is 63.4 cm³/mol. The Kier molecular flexibility index (Phi) is 3.12. The molecule has 0 unspecified atom stereocenters. The van der Waals surface area contributed by atoms with Crippen molar-refractivity contribution in [2.45, 2.75) is 31.3 Å². The first-order valence-corrected chi connectivity index (χ1v) is 5.59. The fourth-order valence-electron chi connectivity index (χ4n) is 1.97. The van der Waals surface area contributed by atoms with Gasteiger partial charge in [0.05, 0.1) is 4.92 Å². The van der Waals surface area contributed by atoms with Gasteiger partial charge in [0.2, 0.25) is 0 Å². The summed E-state index contributed by atoms with van der Waals surface area (Å²) >= 11 is 0. The molecule has 0 radical (unpaired) electrons. The molecule has 0 aromatic heterocycles. The van der Waals surface area contributed by atoms with E-state index in [-0.39, 0.29) is 5.69 Å². The van der Waals surface area contributed by atoms with Crippen LogP contribution in [0.15, 0.2) is 24.3 Å². The van der Waals surface area contributed by atoms with E-state index >= 15 is 0 Å². The summed E-state index contributed by atoms with van der Waals surface area (Å²) in [4.78, 5) is 10.1. The van der Waals surface area contributed by atoms with E-state index in [0.29, 0.717) is 18.4 Å². The lowest BCUT2D eigenvalue weighted by molar-refractivity contribution is -0.384. The molecule has 4 heteroatoms. The lowest BCUT2D eigenvalue weighted by Gasteiger charge is -2.12. The van der Waals surface area contributed by atoms with Crippen molar-refractivity contribution in [2.24, 2.45) is 0 Å². The lowest BCUT2D eigenvalue weighted by Crippen LogP contribution is -2.20. The molecule has 0 saturated heterocycles. The van der Waals surface area contributed by atoms with Crippen molar-refractivity contribution in [1.29, 1.82) is 0 Å². The third kappa shape index (κ3) is 2.83. The van der Waals surface area contributed by atoms with E-state index < -0.39 is 10.5 Å². The quantitative estimate of drug-likeness (QED) is 0.458.